The van der Waals surface area contributed by atoms with E-state index in [0.717, 1.165) is 53.8 Å². The number of hydrogen-bond acceptors (Lipinski definition) is 7. The highest BCUT2D eigenvalue weighted by Gasteiger charge is 2.30. The average molecular weight is 558 g/mol. The van der Waals surface area contributed by atoms with Crippen LogP contribution >= 0.6 is 0 Å². The summed E-state index contributed by atoms with van der Waals surface area (Å²) in [5.41, 5.74) is 6.27. The van der Waals surface area contributed by atoms with E-state index in [1.54, 1.807) is 38.4 Å². The number of amides is 2. The highest BCUT2D eigenvalue weighted by molar-refractivity contribution is 6.04. The first kappa shape index (κ1) is 27.2. The van der Waals surface area contributed by atoms with E-state index in [0.29, 0.717) is 28.7 Å². The predicted octanol–water partition coefficient (Wildman–Crippen LogP) is 6.19. The molecule has 2 aliphatic carbocycles. The van der Waals surface area contributed by atoms with Gasteiger partial charge in [-0.15, -0.1) is 0 Å². The molecular weight excluding hydrogens is 526 g/mol. The molecule has 9 nitrogen and oxygen atoms in total. The molecule has 0 saturated heterocycles. The topological polar surface area (TPSA) is 134 Å². The van der Waals surface area contributed by atoms with E-state index in [1.807, 2.05) is 19.1 Å². The van der Waals surface area contributed by atoms with Crippen molar-refractivity contribution in [1.82, 2.24) is 19.9 Å². The van der Waals surface area contributed by atoms with Crippen molar-refractivity contribution in [3.05, 3.63) is 83.7 Å². The highest BCUT2D eigenvalue weighted by Crippen LogP contribution is 2.43. The summed E-state index contributed by atoms with van der Waals surface area (Å²) >= 11 is 0. The molecule has 2 amide bonds. The van der Waals surface area contributed by atoms with Crippen LogP contribution in [0.2, 0.25) is 0 Å². The molecule has 2 saturated carbocycles. The van der Waals surface area contributed by atoms with Gasteiger partial charge in [0.1, 0.15) is 12.1 Å². The van der Waals surface area contributed by atoms with Crippen LogP contribution in [0, 0.1) is 24.2 Å². The Kier molecular flexibility index (Phi) is 6.99. The third kappa shape index (κ3) is 5.88. The number of anilines is 2. The lowest BCUT2D eigenvalue weighted by Crippen LogP contribution is -2.18. The highest BCUT2D eigenvalue weighted by atomic mass is 16.2. The molecule has 0 bridgehead atoms. The minimum Gasteiger partial charge on any atom is -0.321 e. The van der Waals surface area contributed by atoms with Gasteiger partial charge in [0, 0.05) is 40.6 Å². The van der Waals surface area contributed by atoms with Crippen LogP contribution in [0.3, 0.4) is 0 Å². The van der Waals surface area contributed by atoms with Crippen LogP contribution in [-0.4, -0.2) is 31.8 Å². The second-order valence-corrected chi connectivity index (χ2v) is 11.6. The molecule has 1 aromatic carbocycles. The molecule has 0 aliphatic heterocycles. The van der Waals surface area contributed by atoms with Gasteiger partial charge in [0.2, 0.25) is 5.91 Å². The van der Waals surface area contributed by atoms with Crippen molar-refractivity contribution in [3.8, 4) is 28.5 Å². The van der Waals surface area contributed by atoms with Crippen molar-refractivity contribution in [3.63, 3.8) is 0 Å². The van der Waals surface area contributed by atoms with E-state index in [-0.39, 0.29) is 17.7 Å². The summed E-state index contributed by atoms with van der Waals surface area (Å²) in [6, 6.07) is 15.7. The molecule has 3 heterocycles. The maximum atomic E-state index is 13.2. The summed E-state index contributed by atoms with van der Waals surface area (Å²) in [6.45, 7) is 5.48. The van der Waals surface area contributed by atoms with Crippen molar-refractivity contribution in [1.29, 1.82) is 5.26 Å². The molecule has 6 rings (SSSR count). The van der Waals surface area contributed by atoms with Gasteiger partial charge in [-0.3, -0.25) is 19.6 Å². The Hall–Kier alpha value is -4.97. The summed E-state index contributed by atoms with van der Waals surface area (Å²) in [4.78, 5) is 43.1. The largest absolute Gasteiger partial charge is 0.321 e. The predicted molar refractivity (Wildman–Crippen MR) is 160 cm³/mol. The van der Waals surface area contributed by atoms with Crippen molar-refractivity contribution < 1.29 is 9.59 Å². The smallest absolute Gasteiger partial charge is 0.255 e. The van der Waals surface area contributed by atoms with Gasteiger partial charge in [0.25, 0.3) is 5.91 Å². The van der Waals surface area contributed by atoms with E-state index < -0.39 is 5.41 Å². The van der Waals surface area contributed by atoms with Gasteiger partial charge in [-0.2, -0.15) is 5.26 Å². The van der Waals surface area contributed by atoms with Crippen LogP contribution < -0.4 is 10.6 Å². The summed E-state index contributed by atoms with van der Waals surface area (Å²) in [7, 11) is 0. The van der Waals surface area contributed by atoms with Gasteiger partial charge in [0.15, 0.2) is 0 Å². The monoisotopic (exact) mass is 557 g/mol. The van der Waals surface area contributed by atoms with Gasteiger partial charge in [-0.25, -0.2) is 9.97 Å². The Morgan fingerprint density at radius 1 is 0.929 bits per heavy atom. The third-order valence-electron chi connectivity index (χ3n) is 7.76. The molecule has 0 radical (unpaired) electrons. The zero-order valence-electron chi connectivity index (χ0n) is 23.8. The lowest BCUT2D eigenvalue weighted by Gasteiger charge is -2.16. The number of benzene rings is 1. The maximum absolute atomic E-state index is 13.2. The first-order chi connectivity index (χ1) is 20.2. The Morgan fingerprint density at radius 3 is 2.45 bits per heavy atom. The third-order valence-corrected chi connectivity index (χ3v) is 7.76. The van der Waals surface area contributed by atoms with E-state index >= 15 is 0 Å². The molecule has 2 fully saturated rings. The minimum atomic E-state index is -0.813. The zero-order chi connectivity index (χ0) is 29.4. The number of nitrogens with zero attached hydrogens (tertiary/aromatic N) is 5. The summed E-state index contributed by atoms with van der Waals surface area (Å²) in [5, 5.41) is 15.3. The molecule has 0 spiro atoms. The number of aromatic nitrogens is 4. The number of aryl methyl sites for hydroxylation is 1. The molecule has 2 N–H and O–H groups in total. The van der Waals surface area contributed by atoms with Crippen LogP contribution in [0.25, 0.3) is 22.4 Å². The quantitative estimate of drug-likeness (QED) is 0.264. The molecule has 210 valence electrons. The summed E-state index contributed by atoms with van der Waals surface area (Å²) < 4.78 is 0. The van der Waals surface area contributed by atoms with E-state index in [1.165, 1.54) is 11.9 Å². The van der Waals surface area contributed by atoms with Gasteiger partial charge in [-0.05, 0) is 93.8 Å². The fourth-order valence-corrected chi connectivity index (χ4v) is 4.83. The molecule has 3 aromatic heterocycles. The minimum absolute atomic E-state index is 0.00407. The van der Waals surface area contributed by atoms with Crippen molar-refractivity contribution in [2.24, 2.45) is 5.92 Å². The van der Waals surface area contributed by atoms with Crippen molar-refractivity contribution in [2.75, 3.05) is 10.6 Å². The maximum Gasteiger partial charge on any atom is 0.255 e. The van der Waals surface area contributed by atoms with Crippen LogP contribution in [0.15, 0.2) is 61.2 Å². The number of carbonyl (C=O) groups excluding carboxylic acids is 2. The average Bonchev–Trinajstić information content (AvgIpc) is 3.91. The second-order valence-electron chi connectivity index (χ2n) is 11.6. The molecule has 0 unspecified atom stereocenters. The van der Waals surface area contributed by atoms with Crippen molar-refractivity contribution in [2.45, 2.75) is 57.8 Å². The molecule has 42 heavy (non-hydrogen) atoms. The van der Waals surface area contributed by atoms with Gasteiger partial charge in [0.05, 0.1) is 34.8 Å². The van der Waals surface area contributed by atoms with E-state index in [4.69, 9.17) is 0 Å². The number of nitriles is 1. The molecule has 2 aliphatic rings. The number of pyridine rings is 2. The van der Waals surface area contributed by atoms with Gasteiger partial charge < -0.3 is 10.6 Å². The number of carbonyl (C=O) groups is 2. The van der Waals surface area contributed by atoms with E-state index in [2.05, 4.69) is 54.8 Å². The number of rotatable bonds is 8. The fraction of sp³-hybridized carbons (Fsp3) is 0.303. The van der Waals surface area contributed by atoms with Gasteiger partial charge in [-0.1, -0.05) is 6.07 Å². The molecular formula is C33H31N7O2. The number of hydrogen-bond donors (Lipinski definition) is 2. The molecule has 4 aromatic rings. The molecule has 9 heteroatoms. The van der Waals surface area contributed by atoms with E-state index in [9.17, 15) is 14.9 Å². The Bertz CT molecular complexity index is 1750. The Morgan fingerprint density at radius 2 is 1.71 bits per heavy atom. The van der Waals surface area contributed by atoms with Crippen LogP contribution in [0.1, 0.15) is 72.8 Å². The van der Waals surface area contributed by atoms with Gasteiger partial charge >= 0.3 is 0 Å². The van der Waals surface area contributed by atoms with Crippen molar-refractivity contribution >= 4 is 23.3 Å². The second kappa shape index (κ2) is 10.8. The Labute approximate surface area is 244 Å². The van der Waals surface area contributed by atoms with Crippen LogP contribution in [0.5, 0.6) is 0 Å². The SMILES string of the molecule is Cc1ncc(NC(=O)c2ccnc(C(C)(C)C#N)c2)cc1-c1cc(-c2cc(NC(=O)C3CC3)ncn2)cc(C2CC2)c1. The molecule has 0 atom stereocenters. The van der Waals surface area contributed by atoms with Crippen LogP contribution in [-0.2, 0) is 10.2 Å². The Balaban J connectivity index is 1.31. The lowest BCUT2D eigenvalue weighted by molar-refractivity contribution is -0.117. The summed E-state index contributed by atoms with van der Waals surface area (Å²) in [6.07, 6.45) is 8.79. The number of nitrogens with one attached hydrogen (secondary N) is 2. The normalized spacial score (nSPS) is 14.6. The standard InChI is InChI=1S/C33H31N7O2/c1-19-27(14-26(16-36-19)39-32(42)22-8-9-35-29(13-22)33(2,3)17-34)24-10-23(20-4-5-20)11-25(12-24)28-15-30(38-18-37-28)40-31(41)21-6-7-21/h8-16,18,20-21H,4-7H2,1-3H3,(H,39,42)(H,37,38,40,41). The fourth-order valence-electron chi connectivity index (χ4n) is 4.83. The first-order valence-corrected chi connectivity index (χ1v) is 14.1. The van der Waals surface area contributed by atoms with Crippen LogP contribution in [0.4, 0.5) is 11.5 Å². The first-order valence-electron chi connectivity index (χ1n) is 14.1. The summed E-state index contributed by atoms with van der Waals surface area (Å²) in [5.74, 6) is 0.772. The zero-order valence-corrected chi connectivity index (χ0v) is 23.8. The lowest BCUT2D eigenvalue weighted by atomic mass is 9.90.